The summed E-state index contributed by atoms with van der Waals surface area (Å²) in [5, 5.41) is 7.68. The van der Waals surface area contributed by atoms with Crippen LogP contribution >= 0.6 is 11.3 Å². The number of thiazole rings is 1. The van der Waals surface area contributed by atoms with Crippen LogP contribution in [0.4, 0.5) is 5.69 Å². The van der Waals surface area contributed by atoms with Gasteiger partial charge in [-0.25, -0.2) is 14.6 Å². The molecule has 0 atom stereocenters. The number of carbonyl (C=O) groups excluding carboxylic acids is 1. The first-order valence-corrected chi connectivity index (χ1v) is 11.9. The number of aromatic nitrogens is 4. The molecule has 34 heavy (non-hydrogen) atoms. The van der Waals surface area contributed by atoms with E-state index in [9.17, 15) is 4.79 Å². The van der Waals surface area contributed by atoms with E-state index in [0.717, 1.165) is 32.9 Å². The fraction of sp³-hybridized carbons (Fsp3) is 0.154. The Balaban J connectivity index is 1.44. The summed E-state index contributed by atoms with van der Waals surface area (Å²) in [5.74, 6) is 1.33. The molecule has 0 bridgehead atoms. The van der Waals surface area contributed by atoms with E-state index in [2.05, 4.69) is 21.4 Å². The van der Waals surface area contributed by atoms with Crippen LogP contribution in [0.2, 0.25) is 0 Å². The van der Waals surface area contributed by atoms with Gasteiger partial charge in [0.15, 0.2) is 5.82 Å². The molecule has 1 N–H and O–H groups in total. The van der Waals surface area contributed by atoms with E-state index in [-0.39, 0.29) is 12.3 Å². The van der Waals surface area contributed by atoms with Crippen LogP contribution in [-0.2, 0) is 11.2 Å². The first-order valence-electron chi connectivity index (χ1n) is 11.0. The number of pyridine rings is 1. The molecule has 0 aliphatic rings. The van der Waals surface area contributed by atoms with Crippen LogP contribution in [0, 0.1) is 6.92 Å². The summed E-state index contributed by atoms with van der Waals surface area (Å²) < 4.78 is 8.35. The number of ether oxygens (including phenoxy) is 1. The van der Waals surface area contributed by atoms with Gasteiger partial charge in [-0.15, -0.1) is 11.3 Å². The number of hydrogen-bond acceptors (Lipinski definition) is 6. The predicted molar refractivity (Wildman–Crippen MR) is 135 cm³/mol. The highest BCUT2D eigenvalue weighted by Crippen LogP contribution is 2.28. The van der Waals surface area contributed by atoms with Crippen molar-refractivity contribution in [3.8, 4) is 22.8 Å². The Bertz CT molecular complexity index is 1460. The Morgan fingerprint density at radius 2 is 1.94 bits per heavy atom. The van der Waals surface area contributed by atoms with Crippen molar-refractivity contribution in [2.24, 2.45) is 0 Å². The van der Waals surface area contributed by atoms with E-state index in [1.54, 1.807) is 16.0 Å². The van der Waals surface area contributed by atoms with Crippen molar-refractivity contribution in [3.63, 3.8) is 0 Å². The fourth-order valence-corrected chi connectivity index (χ4v) is 4.44. The standard InChI is InChI=1S/C26H23N5O2S/c1-3-33-21-10-8-19(9-11-21)29-26(32)15-20-14-23(18-7-12-22-24(13-18)34-16-27-22)31(30-20)25-6-4-5-17(2)28-25/h4-14,16H,3,15H2,1-2H3,(H,29,32). The van der Waals surface area contributed by atoms with Crippen LogP contribution in [0.25, 0.3) is 27.3 Å². The van der Waals surface area contributed by atoms with Crippen molar-refractivity contribution in [1.82, 2.24) is 19.7 Å². The SMILES string of the molecule is CCOc1ccc(NC(=O)Cc2cc(-c3ccc4ncsc4c3)n(-c3cccc(C)n3)n2)cc1. The van der Waals surface area contributed by atoms with Crippen molar-refractivity contribution >= 4 is 33.1 Å². The van der Waals surface area contributed by atoms with Crippen LogP contribution in [0.5, 0.6) is 5.75 Å². The number of fused-ring (bicyclic) bond motifs is 1. The van der Waals surface area contributed by atoms with Gasteiger partial charge in [0.2, 0.25) is 5.91 Å². The van der Waals surface area contributed by atoms with Crippen molar-refractivity contribution < 1.29 is 9.53 Å². The predicted octanol–water partition coefficient (Wildman–Crippen LogP) is 5.43. The van der Waals surface area contributed by atoms with Crippen molar-refractivity contribution in [2.75, 3.05) is 11.9 Å². The summed E-state index contributed by atoms with van der Waals surface area (Å²) in [5.41, 5.74) is 6.93. The summed E-state index contributed by atoms with van der Waals surface area (Å²) in [6, 6.07) is 21.2. The first kappa shape index (κ1) is 21.8. The third kappa shape index (κ3) is 4.67. The van der Waals surface area contributed by atoms with Gasteiger partial charge in [-0.3, -0.25) is 4.79 Å². The smallest absolute Gasteiger partial charge is 0.230 e. The lowest BCUT2D eigenvalue weighted by atomic mass is 10.1. The molecule has 2 aromatic carbocycles. The maximum Gasteiger partial charge on any atom is 0.230 e. The van der Waals surface area contributed by atoms with Gasteiger partial charge in [-0.1, -0.05) is 12.1 Å². The number of benzene rings is 2. The van der Waals surface area contributed by atoms with Gasteiger partial charge in [-0.05, 0) is 68.4 Å². The molecule has 7 nitrogen and oxygen atoms in total. The Morgan fingerprint density at radius 1 is 1.09 bits per heavy atom. The summed E-state index contributed by atoms with van der Waals surface area (Å²) in [4.78, 5) is 21.8. The molecule has 3 heterocycles. The van der Waals surface area contributed by atoms with Gasteiger partial charge in [0.05, 0.1) is 40.1 Å². The number of amides is 1. The maximum absolute atomic E-state index is 12.8. The van der Waals surface area contributed by atoms with E-state index in [0.29, 0.717) is 23.8 Å². The van der Waals surface area contributed by atoms with E-state index in [1.165, 1.54) is 0 Å². The molecule has 8 heteroatoms. The van der Waals surface area contributed by atoms with Crippen molar-refractivity contribution in [3.05, 3.63) is 83.6 Å². The molecule has 5 aromatic rings. The number of rotatable bonds is 7. The van der Waals surface area contributed by atoms with Gasteiger partial charge >= 0.3 is 0 Å². The number of aryl methyl sites for hydroxylation is 1. The van der Waals surface area contributed by atoms with E-state index in [4.69, 9.17) is 9.84 Å². The number of carbonyl (C=O) groups is 1. The first-order chi connectivity index (χ1) is 16.6. The lowest BCUT2D eigenvalue weighted by molar-refractivity contribution is -0.115. The summed E-state index contributed by atoms with van der Waals surface area (Å²) in [6.07, 6.45) is 0.141. The molecule has 0 aliphatic carbocycles. The molecule has 0 saturated heterocycles. The van der Waals surface area contributed by atoms with Gasteiger partial charge in [-0.2, -0.15) is 5.10 Å². The van der Waals surface area contributed by atoms with Gasteiger partial charge < -0.3 is 10.1 Å². The Hall–Kier alpha value is -4.04. The molecule has 0 aliphatic heterocycles. The number of hydrogen-bond donors (Lipinski definition) is 1. The number of nitrogens with zero attached hydrogens (tertiary/aromatic N) is 4. The Kier molecular flexibility index (Phi) is 6.05. The molecule has 1 amide bonds. The number of anilines is 1. The van der Waals surface area contributed by atoms with E-state index < -0.39 is 0 Å². The maximum atomic E-state index is 12.8. The third-order valence-corrected chi connectivity index (χ3v) is 6.06. The van der Waals surface area contributed by atoms with Crippen LogP contribution < -0.4 is 10.1 Å². The zero-order valence-corrected chi connectivity index (χ0v) is 19.7. The van der Waals surface area contributed by atoms with Crippen molar-refractivity contribution in [1.29, 1.82) is 0 Å². The lowest BCUT2D eigenvalue weighted by Gasteiger charge is -2.07. The minimum Gasteiger partial charge on any atom is -0.494 e. The second-order valence-electron chi connectivity index (χ2n) is 7.79. The van der Waals surface area contributed by atoms with Gasteiger partial charge in [0.1, 0.15) is 5.75 Å². The fourth-order valence-electron chi connectivity index (χ4n) is 3.73. The minimum atomic E-state index is -0.143. The highest BCUT2D eigenvalue weighted by Gasteiger charge is 2.16. The molecule has 0 saturated carbocycles. The third-order valence-electron chi connectivity index (χ3n) is 5.27. The second kappa shape index (κ2) is 9.44. The molecule has 5 rings (SSSR count). The summed E-state index contributed by atoms with van der Waals surface area (Å²) in [7, 11) is 0. The van der Waals surface area contributed by atoms with Crippen LogP contribution in [-0.4, -0.2) is 32.3 Å². The minimum absolute atomic E-state index is 0.141. The lowest BCUT2D eigenvalue weighted by Crippen LogP contribution is -2.15. The Morgan fingerprint density at radius 3 is 2.74 bits per heavy atom. The highest BCUT2D eigenvalue weighted by molar-refractivity contribution is 7.16. The zero-order chi connectivity index (χ0) is 23.5. The molecule has 0 spiro atoms. The van der Waals surface area contributed by atoms with E-state index in [1.807, 2.05) is 80.0 Å². The van der Waals surface area contributed by atoms with Gasteiger partial charge in [0.25, 0.3) is 0 Å². The molecule has 0 unspecified atom stereocenters. The molecule has 3 aromatic heterocycles. The van der Waals surface area contributed by atoms with Crippen LogP contribution in [0.15, 0.2) is 72.2 Å². The quantitative estimate of drug-likeness (QED) is 0.344. The summed E-state index contributed by atoms with van der Waals surface area (Å²) >= 11 is 1.59. The monoisotopic (exact) mass is 469 g/mol. The topological polar surface area (TPSA) is 81.9 Å². The second-order valence-corrected chi connectivity index (χ2v) is 8.67. The zero-order valence-electron chi connectivity index (χ0n) is 18.9. The molecular weight excluding hydrogens is 446 g/mol. The molecule has 170 valence electrons. The van der Waals surface area contributed by atoms with Crippen molar-refractivity contribution in [2.45, 2.75) is 20.3 Å². The average molecular weight is 470 g/mol. The van der Waals surface area contributed by atoms with E-state index >= 15 is 0 Å². The Labute approximate surface area is 201 Å². The summed E-state index contributed by atoms with van der Waals surface area (Å²) in [6.45, 7) is 4.48. The normalized spacial score (nSPS) is 11.0. The molecule has 0 radical (unpaired) electrons. The van der Waals surface area contributed by atoms with Crippen LogP contribution in [0.1, 0.15) is 18.3 Å². The number of nitrogens with one attached hydrogen (secondary N) is 1. The average Bonchev–Trinajstić information content (AvgIpc) is 3.47. The molecule has 0 fully saturated rings. The highest BCUT2D eigenvalue weighted by atomic mass is 32.1. The van der Waals surface area contributed by atoms with Gasteiger partial charge in [0, 0.05) is 16.9 Å². The van der Waals surface area contributed by atoms with Crippen LogP contribution in [0.3, 0.4) is 0 Å². The largest absolute Gasteiger partial charge is 0.494 e. The molecular formula is C26H23N5O2S.